The highest BCUT2D eigenvalue weighted by atomic mass is 19.4. The average Bonchev–Trinajstić information content (AvgIpc) is 3.24. The highest BCUT2D eigenvalue weighted by molar-refractivity contribution is 6.09. The van der Waals surface area contributed by atoms with Crippen molar-refractivity contribution in [3.05, 3.63) is 65.0 Å². The van der Waals surface area contributed by atoms with Crippen LogP contribution >= 0.6 is 0 Å². The van der Waals surface area contributed by atoms with Crippen LogP contribution in [0.4, 0.5) is 23.2 Å². The molecule has 2 fully saturated rings. The van der Waals surface area contributed by atoms with Crippen molar-refractivity contribution < 1.29 is 27.2 Å². The molecule has 32 heavy (non-hydrogen) atoms. The summed E-state index contributed by atoms with van der Waals surface area (Å²) in [5, 5.41) is 8.94. The fourth-order valence-electron chi connectivity index (χ4n) is 4.55. The molecular formula is C23H19F4N3O2. The topological polar surface area (TPSA) is 64.4 Å². The van der Waals surface area contributed by atoms with Gasteiger partial charge in [0.1, 0.15) is 17.9 Å². The van der Waals surface area contributed by atoms with Crippen molar-refractivity contribution in [2.24, 2.45) is 0 Å². The zero-order chi connectivity index (χ0) is 23.1. The third kappa shape index (κ3) is 3.70. The molecule has 1 saturated heterocycles. The van der Waals surface area contributed by atoms with E-state index in [1.165, 1.54) is 29.2 Å². The molecule has 1 heterocycles. The summed E-state index contributed by atoms with van der Waals surface area (Å²) in [6.45, 7) is -0.392. The lowest BCUT2D eigenvalue weighted by atomic mass is 9.89. The predicted octanol–water partition coefficient (Wildman–Crippen LogP) is 4.40. The molecular weight excluding hydrogens is 426 g/mol. The number of hydrogen-bond donors (Lipinski definition) is 0. The van der Waals surface area contributed by atoms with Gasteiger partial charge in [-0.25, -0.2) is 4.39 Å². The third-order valence-electron chi connectivity index (χ3n) is 6.17. The maximum atomic E-state index is 14.6. The number of rotatable bonds is 3. The number of carbonyl (C=O) groups excluding carboxylic acids is 2. The van der Waals surface area contributed by atoms with Gasteiger partial charge >= 0.3 is 6.18 Å². The summed E-state index contributed by atoms with van der Waals surface area (Å²) in [5.41, 5.74) is -1.45. The number of amides is 2. The number of nitriles is 1. The second-order valence-electron chi connectivity index (χ2n) is 8.08. The Morgan fingerprint density at radius 1 is 1.03 bits per heavy atom. The Labute approximate surface area is 181 Å². The number of benzene rings is 2. The number of alkyl halides is 3. The summed E-state index contributed by atoms with van der Waals surface area (Å²) in [5.74, 6) is -1.59. The van der Waals surface area contributed by atoms with Crippen LogP contribution in [0.15, 0.2) is 42.5 Å². The van der Waals surface area contributed by atoms with Crippen LogP contribution < -0.4 is 4.90 Å². The SMILES string of the molecule is N#Cc1ccc(N2CC(=O)N(Cc3ccc(C(F)(F)F)cc3)C3(CCCC3)C2=O)c(F)c1. The van der Waals surface area contributed by atoms with E-state index in [-0.39, 0.29) is 24.3 Å². The van der Waals surface area contributed by atoms with E-state index in [9.17, 15) is 27.2 Å². The number of hydrogen-bond acceptors (Lipinski definition) is 3. The third-order valence-corrected chi connectivity index (χ3v) is 6.17. The molecule has 1 aliphatic heterocycles. The molecule has 0 N–H and O–H groups in total. The van der Waals surface area contributed by atoms with Crippen molar-refractivity contribution in [1.29, 1.82) is 5.26 Å². The Bertz CT molecular complexity index is 1100. The Kier molecular flexibility index (Phi) is 5.41. The Balaban J connectivity index is 1.65. The van der Waals surface area contributed by atoms with Crippen molar-refractivity contribution in [3.8, 4) is 6.07 Å². The van der Waals surface area contributed by atoms with Gasteiger partial charge in [-0.05, 0) is 48.7 Å². The van der Waals surface area contributed by atoms with E-state index < -0.39 is 34.9 Å². The van der Waals surface area contributed by atoms with Gasteiger partial charge in [0.15, 0.2) is 0 Å². The summed E-state index contributed by atoms with van der Waals surface area (Å²) in [6.07, 6.45) is -2.27. The monoisotopic (exact) mass is 445 g/mol. The van der Waals surface area contributed by atoms with Crippen molar-refractivity contribution in [2.75, 3.05) is 11.4 Å². The molecule has 4 rings (SSSR count). The molecule has 0 aromatic heterocycles. The molecule has 0 bridgehead atoms. The summed E-state index contributed by atoms with van der Waals surface area (Å²) in [7, 11) is 0. The second-order valence-corrected chi connectivity index (χ2v) is 8.08. The first-order valence-corrected chi connectivity index (χ1v) is 10.1. The van der Waals surface area contributed by atoms with Gasteiger partial charge in [0.2, 0.25) is 5.91 Å². The number of piperazine rings is 1. The van der Waals surface area contributed by atoms with Gasteiger partial charge in [0.25, 0.3) is 5.91 Å². The zero-order valence-electron chi connectivity index (χ0n) is 17.0. The van der Waals surface area contributed by atoms with Crippen LogP contribution in [0.1, 0.15) is 42.4 Å². The molecule has 1 aliphatic carbocycles. The van der Waals surface area contributed by atoms with Gasteiger partial charge in [-0.2, -0.15) is 18.4 Å². The molecule has 2 aromatic rings. The Morgan fingerprint density at radius 3 is 2.25 bits per heavy atom. The number of halogens is 4. The average molecular weight is 445 g/mol. The first-order chi connectivity index (χ1) is 15.2. The van der Waals surface area contributed by atoms with Gasteiger partial charge in [0.05, 0.1) is 22.9 Å². The molecule has 9 heteroatoms. The smallest absolute Gasteiger partial charge is 0.322 e. The number of nitrogens with zero attached hydrogens (tertiary/aromatic N) is 3. The lowest BCUT2D eigenvalue weighted by molar-refractivity contribution is -0.151. The van der Waals surface area contributed by atoms with E-state index in [0.29, 0.717) is 31.2 Å². The van der Waals surface area contributed by atoms with Crippen molar-refractivity contribution in [1.82, 2.24) is 4.90 Å². The highest BCUT2D eigenvalue weighted by Gasteiger charge is 2.54. The van der Waals surface area contributed by atoms with Gasteiger partial charge in [-0.3, -0.25) is 14.5 Å². The zero-order valence-corrected chi connectivity index (χ0v) is 17.0. The van der Waals surface area contributed by atoms with Gasteiger partial charge in [-0.15, -0.1) is 0 Å². The maximum Gasteiger partial charge on any atom is 0.416 e. The van der Waals surface area contributed by atoms with Crippen molar-refractivity contribution >= 4 is 17.5 Å². The molecule has 0 atom stereocenters. The van der Waals surface area contributed by atoms with Crippen LogP contribution in [0.3, 0.4) is 0 Å². The van der Waals surface area contributed by atoms with Crippen molar-refractivity contribution in [3.63, 3.8) is 0 Å². The summed E-state index contributed by atoms with van der Waals surface area (Å²) in [6, 6.07) is 10.0. The van der Waals surface area contributed by atoms with Gasteiger partial charge in [-0.1, -0.05) is 25.0 Å². The minimum absolute atomic E-state index is 0.00754. The molecule has 0 radical (unpaired) electrons. The molecule has 2 aromatic carbocycles. The molecule has 166 valence electrons. The standard InChI is InChI=1S/C23H19F4N3O2/c24-18-11-16(12-28)5-8-19(18)29-14-20(31)30(22(21(29)32)9-1-2-10-22)13-15-3-6-17(7-4-15)23(25,26)27/h3-8,11H,1-2,9-10,13-14H2. The van der Waals surface area contributed by atoms with Crippen LogP contribution in [-0.2, 0) is 22.3 Å². The maximum absolute atomic E-state index is 14.6. The molecule has 5 nitrogen and oxygen atoms in total. The van der Waals surface area contributed by atoms with E-state index in [0.717, 1.165) is 23.1 Å². The largest absolute Gasteiger partial charge is 0.416 e. The molecule has 2 aliphatic rings. The normalized spacial score (nSPS) is 18.3. The van der Waals surface area contributed by atoms with Crippen molar-refractivity contribution in [2.45, 2.75) is 43.9 Å². The van der Waals surface area contributed by atoms with Crippen LogP contribution in [0.2, 0.25) is 0 Å². The van der Waals surface area contributed by atoms with E-state index in [2.05, 4.69) is 0 Å². The predicted molar refractivity (Wildman–Crippen MR) is 107 cm³/mol. The van der Waals surface area contributed by atoms with E-state index in [4.69, 9.17) is 5.26 Å². The van der Waals surface area contributed by atoms with Crippen LogP contribution in [-0.4, -0.2) is 28.8 Å². The molecule has 0 unspecified atom stereocenters. The lowest BCUT2D eigenvalue weighted by Crippen LogP contribution is -2.67. The fourth-order valence-corrected chi connectivity index (χ4v) is 4.55. The number of anilines is 1. The van der Waals surface area contributed by atoms with E-state index >= 15 is 0 Å². The molecule has 2 amide bonds. The second kappa shape index (κ2) is 7.93. The summed E-state index contributed by atoms with van der Waals surface area (Å²) < 4.78 is 53.2. The summed E-state index contributed by atoms with van der Waals surface area (Å²) >= 11 is 0. The first kappa shape index (κ1) is 21.8. The van der Waals surface area contributed by atoms with Crippen LogP contribution in [0.25, 0.3) is 0 Å². The minimum atomic E-state index is -4.46. The quantitative estimate of drug-likeness (QED) is 0.658. The molecule has 1 spiro atoms. The Hall–Kier alpha value is -3.41. The minimum Gasteiger partial charge on any atom is -0.322 e. The van der Waals surface area contributed by atoms with E-state index in [1.54, 1.807) is 0 Å². The first-order valence-electron chi connectivity index (χ1n) is 10.1. The number of carbonyl (C=O) groups is 2. The van der Waals surface area contributed by atoms with Crippen LogP contribution in [0.5, 0.6) is 0 Å². The summed E-state index contributed by atoms with van der Waals surface area (Å²) in [4.78, 5) is 29.2. The van der Waals surface area contributed by atoms with Gasteiger partial charge < -0.3 is 4.90 Å². The van der Waals surface area contributed by atoms with E-state index in [1.807, 2.05) is 6.07 Å². The lowest BCUT2D eigenvalue weighted by Gasteiger charge is -2.47. The fraction of sp³-hybridized carbons (Fsp3) is 0.348. The molecule has 1 saturated carbocycles. The Morgan fingerprint density at radius 2 is 1.69 bits per heavy atom. The highest BCUT2D eigenvalue weighted by Crippen LogP contribution is 2.42. The van der Waals surface area contributed by atoms with Gasteiger partial charge in [0, 0.05) is 6.54 Å². The van der Waals surface area contributed by atoms with Crippen LogP contribution in [0, 0.1) is 17.1 Å².